The van der Waals surface area contributed by atoms with Gasteiger partial charge in [0.25, 0.3) is 0 Å². The molecule has 0 heterocycles. The number of rotatable bonds is 4. The number of halogens is 1. The first-order valence-electron chi connectivity index (χ1n) is 5.15. The Hall–Kier alpha value is -0.560. The Kier molecular flexibility index (Phi) is 4.95. The van der Waals surface area contributed by atoms with Crippen molar-refractivity contribution < 1.29 is 0 Å². The maximum absolute atomic E-state index is 3.61. The van der Waals surface area contributed by atoms with Gasteiger partial charge in [0.1, 0.15) is 0 Å². The highest BCUT2D eigenvalue weighted by molar-refractivity contribution is 9.10. The van der Waals surface area contributed by atoms with E-state index in [-0.39, 0.29) is 0 Å². The summed E-state index contributed by atoms with van der Waals surface area (Å²) in [6.45, 7) is 4.32. The van der Waals surface area contributed by atoms with E-state index in [9.17, 15) is 0 Å². The third-order valence-electron chi connectivity index (χ3n) is 2.49. The summed E-state index contributed by atoms with van der Waals surface area (Å²) in [6, 6.07) is 8.50. The third kappa shape index (κ3) is 2.98. The molecule has 0 spiro atoms. The summed E-state index contributed by atoms with van der Waals surface area (Å²) in [5, 5.41) is 0. The number of benzene rings is 1. The molecule has 1 unspecified atom stereocenters. The summed E-state index contributed by atoms with van der Waals surface area (Å²) in [5.74, 6) is 0.641. The van der Waals surface area contributed by atoms with E-state index in [2.05, 4.69) is 66.2 Å². The van der Waals surface area contributed by atoms with E-state index >= 15 is 0 Å². The van der Waals surface area contributed by atoms with Crippen LogP contribution in [0, 0.1) is 0 Å². The lowest BCUT2D eigenvalue weighted by atomic mass is 9.93. The molecule has 0 nitrogen and oxygen atoms in total. The van der Waals surface area contributed by atoms with Gasteiger partial charge in [0.15, 0.2) is 0 Å². The smallest absolute Gasteiger partial charge is 0.0210 e. The van der Waals surface area contributed by atoms with Crippen LogP contribution in [-0.2, 0) is 0 Å². The molecular formula is C13H17Br. The van der Waals surface area contributed by atoms with Gasteiger partial charge in [-0.1, -0.05) is 53.2 Å². The van der Waals surface area contributed by atoms with Gasteiger partial charge in [0.2, 0.25) is 0 Å². The van der Waals surface area contributed by atoms with Crippen molar-refractivity contribution in [1.82, 2.24) is 0 Å². The molecule has 0 fully saturated rings. The second kappa shape index (κ2) is 6.02. The summed E-state index contributed by atoms with van der Waals surface area (Å²) in [4.78, 5) is 0. The van der Waals surface area contributed by atoms with E-state index in [1.54, 1.807) is 0 Å². The molecule has 0 radical (unpaired) electrons. The van der Waals surface area contributed by atoms with Gasteiger partial charge in [-0.3, -0.25) is 0 Å². The van der Waals surface area contributed by atoms with Gasteiger partial charge in [0.05, 0.1) is 0 Å². The maximum Gasteiger partial charge on any atom is 0.0210 e. The molecule has 0 saturated heterocycles. The molecular weight excluding hydrogens is 236 g/mol. The summed E-state index contributed by atoms with van der Waals surface area (Å²) in [7, 11) is 0. The van der Waals surface area contributed by atoms with E-state index in [0.717, 1.165) is 6.42 Å². The molecule has 1 aromatic rings. The zero-order valence-electron chi connectivity index (χ0n) is 8.83. The zero-order valence-corrected chi connectivity index (χ0v) is 10.4. The second-order valence-corrected chi connectivity index (χ2v) is 4.29. The van der Waals surface area contributed by atoms with Crippen molar-refractivity contribution in [3.05, 3.63) is 46.5 Å². The lowest BCUT2D eigenvalue weighted by Crippen LogP contribution is -1.96. The summed E-state index contributed by atoms with van der Waals surface area (Å²) < 4.78 is 1.23. The molecule has 0 aromatic heterocycles. The van der Waals surface area contributed by atoms with Crippen LogP contribution in [0.2, 0.25) is 0 Å². The van der Waals surface area contributed by atoms with Crippen molar-refractivity contribution in [2.75, 3.05) is 0 Å². The van der Waals surface area contributed by atoms with Crippen molar-refractivity contribution in [3.8, 4) is 0 Å². The predicted octanol–water partition coefficient (Wildman–Crippen LogP) is 4.91. The van der Waals surface area contributed by atoms with E-state index in [0.29, 0.717) is 5.92 Å². The summed E-state index contributed by atoms with van der Waals surface area (Å²) >= 11 is 3.61. The maximum atomic E-state index is 3.61. The van der Waals surface area contributed by atoms with E-state index in [1.165, 1.54) is 16.5 Å². The largest absolute Gasteiger partial charge is 0.0916 e. The zero-order chi connectivity index (χ0) is 10.4. The molecule has 0 N–H and O–H groups in total. The molecule has 0 amide bonds. The first kappa shape index (κ1) is 11.5. The first-order chi connectivity index (χ1) is 6.79. The molecule has 0 aliphatic heterocycles. The van der Waals surface area contributed by atoms with Gasteiger partial charge in [-0.25, -0.2) is 0 Å². The van der Waals surface area contributed by atoms with Gasteiger partial charge < -0.3 is 0 Å². The fourth-order valence-corrected chi connectivity index (χ4v) is 2.23. The monoisotopic (exact) mass is 252 g/mol. The van der Waals surface area contributed by atoms with Gasteiger partial charge in [0, 0.05) is 4.47 Å². The highest BCUT2D eigenvalue weighted by Crippen LogP contribution is 2.29. The minimum atomic E-state index is 0.641. The quantitative estimate of drug-likeness (QED) is 0.669. The van der Waals surface area contributed by atoms with Crippen LogP contribution in [0.4, 0.5) is 0 Å². The fourth-order valence-electron chi connectivity index (χ4n) is 1.62. The van der Waals surface area contributed by atoms with Crippen LogP contribution in [0.25, 0.3) is 0 Å². The Morgan fingerprint density at radius 3 is 2.64 bits per heavy atom. The van der Waals surface area contributed by atoms with Gasteiger partial charge in [-0.05, 0) is 37.3 Å². The van der Waals surface area contributed by atoms with Crippen LogP contribution in [-0.4, -0.2) is 0 Å². The predicted molar refractivity (Wildman–Crippen MR) is 66.6 cm³/mol. The molecule has 1 rings (SSSR count). The Morgan fingerprint density at radius 1 is 1.36 bits per heavy atom. The summed E-state index contributed by atoms with van der Waals surface area (Å²) in [6.07, 6.45) is 6.69. The molecule has 0 bridgehead atoms. The SMILES string of the molecule is C/C=C\CC(CC)c1ccccc1Br. The Labute approximate surface area is 95.2 Å². The van der Waals surface area contributed by atoms with Crippen molar-refractivity contribution in [2.24, 2.45) is 0 Å². The van der Waals surface area contributed by atoms with E-state index in [1.807, 2.05) is 0 Å². The van der Waals surface area contributed by atoms with Crippen molar-refractivity contribution in [3.63, 3.8) is 0 Å². The average molecular weight is 253 g/mol. The molecule has 1 heteroatoms. The molecule has 1 aromatic carbocycles. The first-order valence-corrected chi connectivity index (χ1v) is 5.94. The standard InChI is InChI=1S/C13H17Br/c1-3-5-8-11(4-2)12-9-6-7-10-13(12)14/h3,5-7,9-11H,4,8H2,1-2H3/b5-3-. The third-order valence-corrected chi connectivity index (χ3v) is 3.22. The molecule has 14 heavy (non-hydrogen) atoms. The van der Waals surface area contributed by atoms with Crippen LogP contribution in [0.1, 0.15) is 38.2 Å². The van der Waals surface area contributed by atoms with Gasteiger partial charge in [-0.2, -0.15) is 0 Å². The minimum absolute atomic E-state index is 0.641. The highest BCUT2D eigenvalue weighted by atomic mass is 79.9. The van der Waals surface area contributed by atoms with Gasteiger partial charge in [-0.15, -0.1) is 0 Å². The van der Waals surface area contributed by atoms with Crippen LogP contribution in [0.5, 0.6) is 0 Å². The number of hydrogen-bond acceptors (Lipinski definition) is 0. The number of allylic oxidation sites excluding steroid dienone is 2. The van der Waals surface area contributed by atoms with E-state index in [4.69, 9.17) is 0 Å². The molecule has 0 aliphatic rings. The highest BCUT2D eigenvalue weighted by Gasteiger charge is 2.09. The van der Waals surface area contributed by atoms with Crippen LogP contribution < -0.4 is 0 Å². The average Bonchev–Trinajstić information content (AvgIpc) is 2.21. The molecule has 0 aliphatic carbocycles. The molecule has 76 valence electrons. The van der Waals surface area contributed by atoms with Gasteiger partial charge >= 0.3 is 0 Å². The Bertz CT molecular complexity index is 302. The Morgan fingerprint density at radius 2 is 2.07 bits per heavy atom. The normalized spacial score (nSPS) is 13.4. The summed E-state index contributed by atoms with van der Waals surface area (Å²) in [5.41, 5.74) is 1.42. The fraction of sp³-hybridized carbons (Fsp3) is 0.385. The lowest BCUT2D eigenvalue weighted by molar-refractivity contribution is 0.671. The van der Waals surface area contributed by atoms with Crippen LogP contribution in [0.15, 0.2) is 40.9 Å². The van der Waals surface area contributed by atoms with Crippen molar-refractivity contribution >= 4 is 15.9 Å². The minimum Gasteiger partial charge on any atom is -0.0916 e. The Balaban J connectivity index is 2.83. The van der Waals surface area contributed by atoms with Crippen molar-refractivity contribution in [1.29, 1.82) is 0 Å². The topological polar surface area (TPSA) is 0 Å². The number of hydrogen-bond donors (Lipinski definition) is 0. The van der Waals surface area contributed by atoms with E-state index < -0.39 is 0 Å². The van der Waals surface area contributed by atoms with Crippen LogP contribution in [0.3, 0.4) is 0 Å². The van der Waals surface area contributed by atoms with Crippen molar-refractivity contribution in [2.45, 2.75) is 32.6 Å². The molecule has 1 atom stereocenters. The van der Waals surface area contributed by atoms with Crippen LogP contribution >= 0.6 is 15.9 Å². The second-order valence-electron chi connectivity index (χ2n) is 3.43. The lowest BCUT2D eigenvalue weighted by Gasteiger charge is -2.14. The molecule has 0 saturated carbocycles.